The highest BCUT2D eigenvalue weighted by Gasteiger charge is 2.29. The molecule has 2 aromatic heterocycles. The molecule has 9 heteroatoms. The van der Waals surface area contributed by atoms with Gasteiger partial charge in [0, 0.05) is 26.1 Å². The minimum absolute atomic E-state index is 0.154. The van der Waals surface area contributed by atoms with Gasteiger partial charge >= 0.3 is 0 Å². The molecule has 0 radical (unpaired) electrons. The van der Waals surface area contributed by atoms with Crippen LogP contribution < -0.4 is 9.64 Å². The number of benzene rings is 1. The zero-order chi connectivity index (χ0) is 19.8. The number of carbonyl (C=O) groups is 1. The van der Waals surface area contributed by atoms with Crippen molar-refractivity contribution in [2.75, 3.05) is 39.2 Å². The Balaban J connectivity index is 1.76. The second-order valence-corrected chi connectivity index (χ2v) is 8.19. The number of hydrogen-bond acceptors (Lipinski definition) is 7. The summed E-state index contributed by atoms with van der Waals surface area (Å²) in [7, 11) is 5.61. The number of aromatic nitrogens is 4. The predicted molar refractivity (Wildman–Crippen MR) is 109 cm³/mol. The van der Waals surface area contributed by atoms with E-state index in [-0.39, 0.29) is 5.91 Å². The number of methoxy groups -OCH3 is 1. The zero-order valence-corrected chi connectivity index (χ0v) is 17.4. The lowest BCUT2D eigenvalue weighted by molar-refractivity contribution is 0.0971. The van der Waals surface area contributed by atoms with E-state index < -0.39 is 0 Å². The molecule has 0 fully saturated rings. The number of likely N-dealkylation sites (N-methyl/N-ethyl adjacent to an activating group) is 1. The van der Waals surface area contributed by atoms with Crippen molar-refractivity contribution < 1.29 is 9.53 Å². The maximum Gasteiger partial charge on any atom is 0.298 e. The minimum Gasteiger partial charge on any atom is -0.494 e. The molecule has 0 spiro atoms. The van der Waals surface area contributed by atoms with Crippen molar-refractivity contribution in [3.05, 3.63) is 29.3 Å². The first-order valence-corrected chi connectivity index (χ1v) is 10.1. The van der Waals surface area contributed by atoms with Crippen molar-refractivity contribution in [2.24, 2.45) is 0 Å². The Labute approximate surface area is 167 Å². The van der Waals surface area contributed by atoms with Gasteiger partial charge in [0.05, 0.1) is 11.8 Å². The topological polar surface area (TPSA) is 76.4 Å². The van der Waals surface area contributed by atoms with Gasteiger partial charge in [-0.1, -0.05) is 17.4 Å². The van der Waals surface area contributed by atoms with Crippen LogP contribution in [0.2, 0.25) is 0 Å². The number of nitrogens with zero attached hydrogens (tertiary/aromatic N) is 6. The third-order valence-electron chi connectivity index (χ3n) is 4.96. The summed E-state index contributed by atoms with van der Waals surface area (Å²) in [4.78, 5) is 22.0. The van der Waals surface area contributed by atoms with E-state index in [1.807, 2.05) is 42.6 Å². The highest BCUT2D eigenvalue weighted by Crippen LogP contribution is 2.36. The quantitative estimate of drug-likeness (QED) is 0.632. The SMILES string of the molecule is COc1ccc(C)c2sc(N(CCN(C)C)C(=O)c3nnc4n3CCC4)nc12. The maximum absolute atomic E-state index is 13.4. The minimum atomic E-state index is -0.154. The summed E-state index contributed by atoms with van der Waals surface area (Å²) in [6.45, 7) is 4.08. The second-order valence-electron chi connectivity index (χ2n) is 7.21. The molecule has 0 atom stereocenters. The van der Waals surface area contributed by atoms with Gasteiger partial charge in [-0.25, -0.2) is 4.98 Å². The Kier molecular flexibility index (Phi) is 5.03. The van der Waals surface area contributed by atoms with Crippen molar-refractivity contribution in [2.45, 2.75) is 26.3 Å². The lowest BCUT2D eigenvalue weighted by atomic mass is 10.2. The number of rotatable bonds is 6. The monoisotopic (exact) mass is 400 g/mol. The molecule has 0 saturated heterocycles. The highest BCUT2D eigenvalue weighted by molar-refractivity contribution is 7.22. The van der Waals surface area contributed by atoms with Crippen LogP contribution in [0.3, 0.4) is 0 Å². The number of fused-ring (bicyclic) bond motifs is 2. The van der Waals surface area contributed by atoms with Crippen LogP contribution in [0.5, 0.6) is 5.75 Å². The van der Waals surface area contributed by atoms with E-state index in [9.17, 15) is 4.79 Å². The molecule has 0 bridgehead atoms. The third-order valence-corrected chi connectivity index (χ3v) is 6.17. The van der Waals surface area contributed by atoms with Gasteiger partial charge in [-0.3, -0.25) is 9.69 Å². The van der Waals surface area contributed by atoms with Gasteiger partial charge in [0.2, 0.25) is 5.82 Å². The van der Waals surface area contributed by atoms with Crippen LogP contribution in [-0.2, 0) is 13.0 Å². The Morgan fingerprint density at radius 3 is 2.86 bits per heavy atom. The van der Waals surface area contributed by atoms with Crippen molar-refractivity contribution in [1.82, 2.24) is 24.6 Å². The molecule has 0 aliphatic carbocycles. The van der Waals surface area contributed by atoms with E-state index in [1.54, 1.807) is 12.0 Å². The van der Waals surface area contributed by atoms with Gasteiger partial charge in [-0.2, -0.15) is 0 Å². The predicted octanol–water partition coefficient (Wildman–Crippen LogP) is 2.36. The zero-order valence-electron chi connectivity index (χ0n) is 16.6. The van der Waals surface area contributed by atoms with Crippen LogP contribution in [0.15, 0.2) is 12.1 Å². The Morgan fingerprint density at radius 2 is 2.11 bits per heavy atom. The van der Waals surface area contributed by atoms with Crippen molar-refractivity contribution in [3.63, 3.8) is 0 Å². The van der Waals surface area contributed by atoms with Crippen LogP contribution in [0.1, 0.15) is 28.4 Å². The van der Waals surface area contributed by atoms with Crippen LogP contribution in [0.4, 0.5) is 5.13 Å². The molecule has 4 rings (SSSR count). The van der Waals surface area contributed by atoms with Gasteiger partial charge in [0.15, 0.2) is 5.13 Å². The van der Waals surface area contributed by atoms with Gasteiger partial charge in [0.25, 0.3) is 5.91 Å². The van der Waals surface area contributed by atoms with Crippen LogP contribution >= 0.6 is 11.3 Å². The lowest BCUT2D eigenvalue weighted by Gasteiger charge is -2.21. The first-order chi connectivity index (χ1) is 13.5. The Hall–Kier alpha value is -2.52. The summed E-state index contributed by atoms with van der Waals surface area (Å²) < 4.78 is 8.44. The molecule has 148 valence electrons. The van der Waals surface area contributed by atoms with Crippen LogP contribution in [0.25, 0.3) is 10.2 Å². The number of carbonyl (C=O) groups excluding carboxylic acids is 1. The second kappa shape index (κ2) is 7.48. The van der Waals surface area contributed by atoms with Crippen molar-refractivity contribution >= 4 is 32.6 Å². The number of anilines is 1. The largest absolute Gasteiger partial charge is 0.494 e. The van der Waals surface area contributed by atoms with Gasteiger partial charge in [-0.15, -0.1) is 10.2 Å². The number of amides is 1. The molecule has 1 amide bonds. The normalized spacial score (nSPS) is 13.3. The molecule has 1 aromatic carbocycles. The molecule has 0 unspecified atom stereocenters. The molecule has 3 heterocycles. The first-order valence-electron chi connectivity index (χ1n) is 9.32. The van der Waals surface area contributed by atoms with E-state index >= 15 is 0 Å². The smallest absolute Gasteiger partial charge is 0.298 e. The van der Waals surface area contributed by atoms with E-state index in [0.29, 0.717) is 23.3 Å². The Bertz CT molecular complexity index is 1030. The van der Waals surface area contributed by atoms with E-state index in [2.05, 4.69) is 10.2 Å². The highest BCUT2D eigenvalue weighted by atomic mass is 32.1. The number of ether oxygens (including phenoxy) is 1. The standard InChI is InChI=1S/C19H24N6O2S/c1-12-7-8-13(27-4)15-16(12)28-19(20-15)25(11-10-23(2)3)18(26)17-22-21-14-6-5-9-24(14)17/h7-8H,5-6,9-11H2,1-4H3. The molecule has 0 N–H and O–H groups in total. The molecule has 1 aliphatic rings. The fourth-order valence-corrected chi connectivity index (χ4v) is 4.47. The molecule has 3 aromatic rings. The molecule has 8 nitrogen and oxygen atoms in total. The van der Waals surface area contributed by atoms with Crippen LogP contribution in [0, 0.1) is 6.92 Å². The van der Waals surface area contributed by atoms with Gasteiger partial charge in [0.1, 0.15) is 17.1 Å². The number of thiazole rings is 1. The van der Waals surface area contributed by atoms with E-state index in [0.717, 1.165) is 47.5 Å². The van der Waals surface area contributed by atoms with Crippen molar-refractivity contribution in [3.8, 4) is 5.75 Å². The van der Waals surface area contributed by atoms with Crippen LogP contribution in [-0.4, -0.2) is 64.9 Å². The summed E-state index contributed by atoms with van der Waals surface area (Å²) in [5.74, 6) is 1.84. The fraction of sp³-hybridized carbons (Fsp3) is 0.474. The summed E-state index contributed by atoms with van der Waals surface area (Å²) in [6.07, 6.45) is 1.87. The van der Waals surface area contributed by atoms with Crippen molar-refractivity contribution in [1.29, 1.82) is 0 Å². The molecular formula is C19H24N6O2S. The van der Waals surface area contributed by atoms with E-state index in [1.165, 1.54) is 11.3 Å². The maximum atomic E-state index is 13.4. The lowest BCUT2D eigenvalue weighted by Crippen LogP contribution is -2.38. The summed E-state index contributed by atoms with van der Waals surface area (Å²) in [6, 6.07) is 3.93. The third kappa shape index (κ3) is 3.24. The number of hydrogen-bond donors (Lipinski definition) is 0. The molecule has 28 heavy (non-hydrogen) atoms. The average molecular weight is 401 g/mol. The van der Waals surface area contributed by atoms with Gasteiger partial charge < -0.3 is 14.2 Å². The number of aryl methyl sites for hydroxylation is 2. The molecular weight excluding hydrogens is 376 g/mol. The Morgan fingerprint density at radius 1 is 1.29 bits per heavy atom. The molecule has 0 saturated carbocycles. The van der Waals surface area contributed by atoms with E-state index in [4.69, 9.17) is 9.72 Å². The average Bonchev–Trinajstić information content (AvgIpc) is 3.37. The summed E-state index contributed by atoms with van der Waals surface area (Å²) in [5.41, 5.74) is 1.90. The fourth-order valence-electron chi connectivity index (χ4n) is 3.39. The van der Waals surface area contributed by atoms with Gasteiger partial charge in [-0.05, 0) is 39.1 Å². The first kappa shape index (κ1) is 18.8. The molecule has 1 aliphatic heterocycles. The summed E-state index contributed by atoms with van der Waals surface area (Å²) in [5, 5.41) is 9.03. The summed E-state index contributed by atoms with van der Waals surface area (Å²) >= 11 is 1.51.